The van der Waals surface area contributed by atoms with E-state index in [1.807, 2.05) is 6.92 Å². The van der Waals surface area contributed by atoms with Gasteiger partial charge in [-0.2, -0.15) is 0 Å². The molecule has 136 valence electrons. The molecule has 3 heterocycles. The molecule has 2 aliphatic rings. The van der Waals surface area contributed by atoms with Crippen molar-refractivity contribution in [2.24, 2.45) is 0 Å². The highest BCUT2D eigenvalue weighted by Gasteiger charge is 2.26. The first kappa shape index (κ1) is 17.9. The Balaban J connectivity index is 1.54. The van der Waals surface area contributed by atoms with E-state index in [9.17, 15) is 0 Å². The second kappa shape index (κ2) is 8.99. The molecular weight excluding hydrogens is 302 g/mol. The first-order valence-electron chi connectivity index (χ1n) is 9.60. The van der Waals surface area contributed by atoms with Crippen molar-refractivity contribution >= 4 is 0 Å². The molecule has 0 saturated carbocycles. The van der Waals surface area contributed by atoms with Crippen molar-refractivity contribution in [3.63, 3.8) is 0 Å². The zero-order valence-electron chi connectivity index (χ0n) is 15.3. The van der Waals surface area contributed by atoms with Gasteiger partial charge in [0.25, 0.3) is 0 Å². The zero-order chi connectivity index (χ0) is 16.8. The van der Waals surface area contributed by atoms with Crippen LogP contribution in [0.5, 0.6) is 0 Å². The summed E-state index contributed by atoms with van der Waals surface area (Å²) in [5.74, 6) is 2.08. The number of aryl methyl sites for hydroxylation is 1. The Bertz CT molecular complexity index is 477. The van der Waals surface area contributed by atoms with Crippen LogP contribution in [0.2, 0.25) is 0 Å². The van der Waals surface area contributed by atoms with Gasteiger partial charge in [-0.05, 0) is 58.0 Å². The molecule has 2 saturated heterocycles. The summed E-state index contributed by atoms with van der Waals surface area (Å²) < 4.78 is 11.5. The molecule has 0 aromatic carbocycles. The van der Waals surface area contributed by atoms with Gasteiger partial charge in [-0.3, -0.25) is 4.90 Å². The van der Waals surface area contributed by atoms with Crippen LogP contribution in [0.15, 0.2) is 16.5 Å². The third-order valence-corrected chi connectivity index (χ3v) is 5.30. The average Bonchev–Trinajstić information content (AvgIpc) is 3.04. The van der Waals surface area contributed by atoms with E-state index in [1.165, 1.54) is 38.9 Å². The standard InChI is InChI=1S/C19H33N3O2/c1-3-8-21-9-6-17(7-10-21)20-15-18(19-5-4-16(2)24-19)22-11-13-23-14-12-22/h4-5,17-18,20H,3,6-15H2,1-2H3. The summed E-state index contributed by atoms with van der Waals surface area (Å²) in [5.41, 5.74) is 0. The van der Waals surface area contributed by atoms with Crippen LogP contribution in [-0.4, -0.2) is 68.3 Å². The van der Waals surface area contributed by atoms with E-state index in [4.69, 9.17) is 9.15 Å². The third kappa shape index (κ3) is 4.82. The Morgan fingerprint density at radius 2 is 1.92 bits per heavy atom. The van der Waals surface area contributed by atoms with Crippen molar-refractivity contribution in [2.75, 3.05) is 52.5 Å². The Morgan fingerprint density at radius 3 is 2.54 bits per heavy atom. The van der Waals surface area contributed by atoms with Gasteiger partial charge in [0.2, 0.25) is 0 Å². The lowest BCUT2D eigenvalue weighted by atomic mass is 10.0. The molecule has 0 aliphatic carbocycles. The summed E-state index contributed by atoms with van der Waals surface area (Å²) in [6.07, 6.45) is 3.77. The predicted octanol–water partition coefficient (Wildman–Crippen LogP) is 2.43. The minimum absolute atomic E-state index is 0.316. The third-order valence-electron chi connectivity index (χ3n) is 5.30. The van der Waals surface area contributed by atoms with E-state index in [-0.39, 0.29) is 0 Å². The number of morpholine rings is 1. The van der Waals surface area contributed by atoms with E-state index in [1.54, 1.807) is 0 Å². The first-order valence-corrected chi connectivity index (χ1v) is 9.60. The van der Waals surface area contributed by atoms with Crippen molar-refractivity contribution < 1.29 is 9.15 Å². The Hall–Kier alpha value is -0.880. The van der Waals surface area contributed by atoms with Gasteiger partial charge in [0.05, 0.1) is 19.3 Å². The molecule has 2 aliphatic heterocycles. The molecule has 5 nitrogen and oxygen atoms in total. The molecule has 24 heavy (non-hydrogen) atoms. The van der Waals surface area contributed by atoms with Crippen molar-refractivity contribution in [1.82, 2.24) is 15.1 Å². The number of ether oxygens (including phenoxy) is 1. The fraction of sp³-hybridized carbons (Fsp3) is 0.789. The number of furan rings is 1. The summed E-state index contributed by atoms with van der Waals surface area (Å²) in [5, 5.41) is 3.82. The molecule has 1 atom stereocenters. The van der Waals surface area contributed by atoms with Crippen molar-refractivity contribution in [2.45, 2.75) is 45.2 Å². The smallest absolute Gasteiger partial charge is 0.122 e. The van der Waals surface area contributed by atoms with Crippen LogP contribution in [0.4, 0.5) is 0 Å². The van der Waals surface area contributed by atoms with E-state index < -0.39 is 0 Å². The molecule has 2 fully saturated rings. The van der Waals surface area contributed by atoms with Gasteiger partial charge in [0.1, 0.15) is 11.5 Å². The Labute approximate surface area is 146 Å². The minimum atomic E-state index is 0.316. The maximum Gasteiger partial charge on any atom is 0.122 e. The van der Waals surface area contributed by atoms with E-state index in [2.05, 4.69) is 34.2 Å². The summed E-state index contributed by atoms with van der Waals surface area (Å²) in [6.45, 7) is 12.6. The zero-order valence-corrected chi connectivity index (χ0v) is 15.3. The van der Waals surface area contributed by atoms with Crippen molar-refractivity contribution in [3.8, 4) is 0 Å². The van der Waals surface area contributed by atoms with Gasteiger partial charge in [0, 0.05) is 25.7 Å². The highest BCUT2D eigenvalue weighted by molar-refractivity contribution is 5.11. The predicted molar refractivity (Wildman–Crippen MR) is 96.3 cm³/mol. The van der Waals surface area contributed by atoms with E-state index in [0.717, 1.165) is 44.4 Å². The summed E-state index contributed by atoms with van der Waals surface area (Å²) >= 11 is 0. The molecule has 3 rings (SSSR count). The molecule has 0 radical (unpaired) electrons. The highest BCUT2D eigenvalue weighted by Crippen LogP contribution is 2.24. The van der Waals surface area contributed by atoms with Crippen LogP contribution in [0.1, 0.15) is 43.7 Å². The number of piperidine rings is 1. The number of likely N-dealkylation sites (tertiary alicyclic amines) is 1. The number of hydrogen-bond acceptors (Lipinski definition) is 5. The van der Waals surface area contributed by atoms with Crippen LogP contribution in [0.3, 0.4) is 0 Å². The van der Waals surface area contributed by atoms with Crippen LogP contribution >= 0.6 is 0 Å². The average molecular weight is 335 g/mol. The van der Waals surface area contributed by atoms with Gasteiger partial charge < -0.3 is 19.4 Å². The molecule has 1 aromatic heterocycles. The SMILES string of the molecule is CCCN1CCC(NCC(c2ccc(C)o2)N2CCOCC2)CC1. The molecule has 5 heteroatoms. The maximum absolute atomic E-state index is 5.96. The quantitative estimate of drug-likeness (QED) is 0.829. The molecule has 0 spiro atoms. The molecule has 0 amide bonds. The van der Waals surface area contributed by atoms with Crippen LogP contribution in [0.25, 0.3) is 0 Å². The number of nitrogens with zero attached hydrogens (tertiary/aromatic N) is 2. The molecule has 0 bridgehead atoms. The summed E-state index contributed by atoms with van der Waals surface area (Å²) in [7, 11) is 0. The second-order valence-corrected chi connectivity index (χ2v) is 7.14. The minimum Gasteiger partial charge on any atom is -0.465 e. The lowest BCUT2D eigenvalue weighted by Crippen LogP contribution is -2.47. The lowest BCUT2D eigenvalue weighted by Gasteiger charge is -2.36. The summed E-state index contributed by atoms with van der Waals surface area (Å²) in [4.78, 5) is 5.09. The Kier molecular flexibility index (Phi) is 6.72. The Morgan fingerprint density at radius 1 is 1.17 bits per heavy atom. The van der Waals surface area contributed by atoms with Crippen molar-refractivity contribution in [1.29, 1.82) is 0 Å². The number of nitrogens with one attached hydrogen (secondary N) is 1. The molecule has 1 aromatic rings. The van der Waals surface area contributed by atoms with Gasteiger partial charge in [-0.25, -0.2) is 0 Å². The van der Waals surface area contributed by atoms with Crippen LogP contribution in [0, 0.1) is 6.92 Å². The van der Waals surface area contributed by atoms with Crippen molar-refractivity contribution in [3.05, 3.63) is 23.7 Å². The number of rotatable bonds is 7. The number of hydrogen-bond donors (Lipinski definition) is 1. The van der Waals surface area contributed by atoms with Gasteiger partial charge in [-0.1, -0.05) is 6.92 Å². The topological polar surface area (TPSA) is 40.9 Å². The van der Waals surface area contributed by atoms with Crippen LogP contribution < -0.4 is 5.32 Å². The molecular formula is C19H33N3O2. The fourth-order valence-electron chi connectivity index (χ4n) is 3.89. The van der Waals surface area contributed by atoms with E-state index in [0.29, 0.717) is 12.1 Å². The first-order chi connectivity index (χ1) is 11.8. The van der Waals surface area contributed by atoms with Gasteiger partial charge in [0.15, 0.2) is 0 Å². The second-order valence-electron chi connectivity index (χ2n) is 7.14. The van der Waals surface area contributed by atoms with E-state index >= 15 is 0 Å². The lowest BCUT2D eigenvalue weighted by molar-refractivity contribution is 0.0105. The highest BCUT2D eigenvalue weighted by atomic mass is 16.5. The van der Waals surface area contributed by atoms with Gasteiger partial charge >= 0.3 is 0 Å². The van der Waals surface area contributed by atoms with Gasteiger partial charge in [-0.15, -0.1) is 0 Å². The molecule has 1 unspecified atom stereocenters. The normalized spacial score (nSPS) is 22.8. The van der Waals surface area contributed by atoms with Crippen LogP contribution in [-0.2, 0) is 4.74 Å². The fourth-order valence-corrected chi connectivity index (χ4v) is 3.89. The largest absolute Gasteiger partial charge is 0.465 e. The maximum atomic E-state index is 5.96. The molecule has 1 N–H and O–H groups in total. The summed E-state index contributed by atoms with van der Waals surface area (Å²) in [6, 6.07) is 5.17. The monoisotopic (exact) mass is 335 g/mol.